The maximum absolute atomic E-state index is 11.9. The fraction of sp³-hybridized carbons (Fsp3) is 0.167. The second-order valence-corrected chi connectivity index (χ2v) is 1.92. The molecular formula is C6H4F3NO. The first-order valence-electron chi connectivity index (χ1n) is 2.75. The van der Waals surface area contributed by atoms with Gasteiger partial charge in [0.1, 0.15) is 5.69 Å². The molecule has 0 saturated heterocycles. The van der Waals surface area contributed by atoms with Crippen LogP contribution < -0.4 is 0 Å². The van der Waals surface area contributed by atoms with E-state index in [4.69, 9.17) is 0 Å². The van der Waals surface area contributed by atoms with Gasteiger partial charge in [-0.05, 0) is 6.07 Å². The Kier molecular flexibility index (Phi) is 1.72. The van der Waals surface area contributed by atoms with Crippen molar-refractivity contribution in [3.8, 4) is 0 Å². The predicted octanol–water partition coefficient (Wildman–Crippen LogP) is 1.85. The van der Waals surface area contributed by atoms with Crippen LogP contribution in [-0.4, -0.2) is 11.3 Å². The van der Waals surface area contributed by atoms with Gasteiger partial charge in [-0.2, -0.15) is 13.2 Å². The molecule has 0 fully saturated rings. The summed E-state index contributed by atoms with van der Waals surface area (Å²) in [4.78, 5) is 12.0. The molecule has 0 spiro atoms. The first-order chi connectivity index (χ1) is 5.05. The van der Waals surface area contributed by atoms with Crippen molar-refractivity contribution in [1.82, 2.24) is 4.98 Å². The van der Waals surface area contributed by atoms with Crippen LogP contribution in [0.3, 0.4) is 0 Å². The second-order valence-electron chi connectivity index (χ2n) is 1.92. The molecule has 1 aromatic heterocycles. The van der Waals surface area contributed by atoms with E-state index >= 15 is 0 Å². The highest BCUT2D eigenvalue weighted by Crippen LogP contribution is 2.29. The molecule has 0 bridgehead atoms. The number of aromatic nitrogens is 1. The number of aldehydes is 1. The molecule has 0 saturated carbocycles. The van der Waals surface area contributed by atoms with Gasteiger partial charge in [0, 0.05) is 11.8 Å². The molecule has 1 rings (SSSR count). The summed E-state index contributed by atoms with van der Waals surface area (Å²) in [5, 5.41) is 0. The Morgan fingerprint density at radius 3 is 2.45 bits per heavy atom. The van der Waals surface area contributed by atoms with Crippen molar-refractivity contribution in [3.05, 3.63) is 23.5 Å². The lowest BCUT2D eigenvalue weighted by atomic mass is 10.2. The van der Waals surface area contributed by atoms with Gasteiger partial charge in [0.2, 0.25) is 0 Å². The molecular weight excluding hydrogens is 159 g/mol. The van der Waals surface area contributed by atoms with Gasteiger partial charge in [0.25, 0.3) is 0 Å². The third-order valence-electron chi connectivity index (χ3n) is 1.19. The minimum Gasteiger partial charge on any atom is -0.357 e. The Hall–Kier alpha value is -1.26. The minimum atomic E-state index is -4.47. The van der Waals surface area contributed by atoms with Gasteiger partial charge in [-0.25, -0.2) is 0 Å². The van der Waals surface area contributed by atoms with Crippen LogP contribution in [0.4, 0.5) is 13.2 Å². The van der Waals surface area contributed by atoms with Crippen LogP contribution in [-0.2, 0) is 6.18 Å². The van der Waals surface area contributed by atoms with Gasteiger partial charge >= 0.3 is 6.18 Å². The van der Waals surface area contributed by atoms with Crippen molar-refractivity contribution >= 4 is 6.29 Å². The fourth-order valence-corrected chi connectivity index (χ4v) is 0.725. The Labute approximate surface area is 60.0 Å². The summed E-state index contributed by atoms with van der Waals surface area (Å²) in [6.45, 7) is 0. The quantitative estimate of drug-likeness (QED) is 0.629. The smallest absolute Gasteiger partial charge is 0.357 e. The second kappa shape index (κ2) is 2.41. The molecule has 1 aromatic rings. The molecule has 0 aliphatic heterocycles. The van der Waals surface area contributed by atoms with Crippen LogP contribution in [0.25, 0.3) is 0 Å². The monoisotopic (exact) mass is 163 g/mol. The van der Waals surface area contributed by atoms with E-state index in [1.54, 1.807) is 0 Å². The number of alkyl halides is 3. The summed E-state index contributed by atoms with van der Waals surface area (Å²) in [7, 11) is 0. The number of rotatable bonds is 1. The van der Waals surface area contributed by atoms with E-state index in [0.29, 0.717) is 0 Å². The Bertz CT molecular complexity index is 263. The molecule has 0 aliphatic carbocycles. The van der Waals surface area contributed by atoms with Crippen LogP contribution in [0.5, 0.6) is 0 Å². The number of aromatic amines is 1. The predicted molar refractivity (Wildman–Crippen MR) is 31.2 cm³/mol. The average molecular weight is 163 g/mol. The summed E-state index contributed by atoms with van der Waals surface area (Å²) in [6, 6.07) is 1.08. The molecule has 0 aromatic carbocycles. The zero-order valence-corrected chi connectivity index (χ0v) is 5.27. The zero-order chi connectivity index (χ0) is 8.48. The number of nitrogens with one attached hydrogen (secondary N) is 1. The Balaban J connectivity index is 3.12. The van der Waals surface area contributed by atoms with Crippen LogP contribution in [0.1, 0.15) is 16.1 Å². The lowest BCUT2D eigenvalue weighted by Crippen LogP contribution is -2.07. The van der Waals surface area contributed by atoms with Gasteiger partial charge in [-0.3, -0.25) is 4.79 Å². The molecule has 60 valence electrons. The first kappa shape index (κ1) is 7.84. The highest BCUT2D eigenvalue weighted by atomic mass is 19.4. The van der Waals surface area contributed by atoms with E-state index in [9.17, 15) is 18.0 Å². The molecule has 0 radical (unpaired) electrons. The number of hydrogen-bond donors (Lipinski definition) is 1. The lowest BCUT2D eigenvalue weighted by molar-refractivity contribution is -0.141. The molecule has 0 atom stereocenters. The molecule has 0 amide bonds. The van der Waals surface area contributed by atoms with E-state index in [-0.39, 0.29) is 11.8 Å². The standard InChI is InChI=1S/C6H4F3NO/c7-6(8,9)5-4(3-11)1-2-10-5/h1-3,10H. The van der Waals surface area contributed by atoms with Crippen molar-refractivity contribution in [2.75, 3.05) is 0 Å². The third kappa shape index (κ3) is 1.42. The number of carbonyl (C=O) groups is 1. The van der Waals surface area contributed by atoms with Crippen LogP contribution in [0.2, 0.25) is 0 Å². The normalized spacial score (nSPS) is 11.5. The molecule has 2 nitrogen and oxygen atoms in total. The van der Waals surface area contributed by atoms with E-state index in [2.05, 4.69) is 0 Å². The molecule has 1 heterocycles. The van der Waals surface area contributed by atoms with Crippen molar-refractivity contribution < 1.29 is 18.0 Å². The summed E-state index contributed by atoms with van der Waals surface area (Å²) < 4.78 is 35.6. The van der Waals surface area contributed by atoms with Crippen molar-refractivity contribution in [3.63, 3.8) is 0 Å². The number of carbonyl (C=O) groups excluding carboxylic acids is 1. The van der Waals surface area contributed by atoms with Crippen molar-refractivity contribution in [2.45, 2.75) is 6.18 Å². The SMILES string of the molecule is O=Cc1cc[nH]c1C(F)(F)F. The van der Waals surface area contributed by atoms with Crippen LogP contribution in [0.15, 0.2) is 12.3 Å². The maximum atomic E-state index is 11.9. The zero-order valence-electron chi connectivity index (χ0n) is 5.27. The molecule has 5 heteroatoms. The first-order valence-corrected chi connectivity index (χ1v) is 2.75. The highest BCUT2D eigenvalue weighted by Gasteiger charge is 2.34. The van der Waals surface area contributed by atoms with E-state index < -0.39 is 11.9 Å². The topological polar surface area (TPSA) is 32.9 Å². The Morgan fingerprint density at radius 1 is 1.45 bits per heavy atom. The summed E-state index contributed by atoms with van der Waals surface area (Å²) >= 11 is 0. The summed E-state index contributed by atoms with van der Waals surface area (Å²) in [6.07, 6.45) is -3.23. The Morgan fingerprint density at radius 2 is 2.09 bits per heavy atom. The number of halogens is 3. The van der Waals surface area contributed by atoms with Crippen molar-refractivity contribution in [2.24, 2.45) is 0 Å². The van der Waals surface area contributed by atoms with Gasteiger partial charge in [0.05, 0.1) is 0 Å². The molecule has 0 aliphatic rings. The summed E-state index contributed by atoms with van der Waals surface area (Å²) in [5.41, 5.74) is -1.36. The van der Waals surface area contributed by atoms with Crippen molar-refractivity contribution in [1.29, 1.82) is 0 Å². The van der Waals surface area contributed by atoms with Gasteiger partial charge in [-0.15, -0.1) is 0 Å². The average Bonchev–Trinajstić information content (AvgIpc) is 2.31. The van der Waals surface area contributed by atoms with Crippen LogP contribution in [0, 0.1) is 0 Å². The van der Waals surface area contributed by atoms with Gasteiger partial charge in [0.15, 0.2) is 6.29 Å². The van der Waals surface area contributed by atoms with E-state index in [1.807, 2.05) is 4.98 Å². The molecule has 1 N–H and O–H groups in total. The number of hydrogen-bond acceptors (Lipinski definition) is 1. The number of H-pyrrole nitrogens is 1. The largest absolute Gasteiger partial charge is 0.431 e. The fourth-order valence-electron chi connectivity index (χ4n) is 0.725. The van der Waals surface area contributed by atoms with E-state index in [0.717, 1.165) is 12.3 Å². The highest BCUT2D eigenvalue weighted by molar-refractivity contribution is 5.76. The van der Waals surface area contributed by atoms with Crippen LogP contribution >= 0.6 is 0 Å². The maximum Gasteiger partial charge on any atom is 0.431 e. The minimum absolute atomic E-state index is 0.166. The van der Waals surface area contributed by atoms with Gasteiger partial charge < -0.3 is 4.98 Å². The van der Waals surface area contributed by atoms with E-state index in [1.165, 1.54) is 0 Å². The molecule has 11 heavy (non-hydrogen) atoms. The molecule has 0 unspecified atom stereocenters. The lowest BCUT2D eigenvalue weighted by Gasteiger charge is -2.03. The summed E-state index contributed by atoms with van der Waals surface area (Å²) in [5.74, 6) is 0. The van der Waals surface area contributed by atoms with Gasteiger partial charge in [-0.1, -0.05) is 0 Å². The third-order valence-corrected chi connectivity index (χ3v) is 1.19.